The van der Waals surface area contributed by atoms with Gasteiger partial charge in [0.15, 0.2) is 0 Å². The first-order valence-electron chi connectivity index (χ1n) is 6.09. The molecule has 0 spiro atoms. The van der Waals surface area contributed by atoms with Crippen LogP contribution in [0.4, 0.5) is 10.1 Å². The van der Waals surface area contributed by atoms with E-state index in [1.807, 2.05) is 18.2 Å². The van der Waals surface area contributed by atoms with Crippen molar-refractivity contribution < 1.29 is 9.13 Å². The average molecular weight is 278 g/mol. The summed E-state index contributed by atoms with van der Waals surface area (Å²) in [5.41, 5.74) is 6.73. The number of nitrogen functional groups attached to an aromatic ring is 1. The molecular formula is C15H13ClFNO. The molecule has 0 atom stereocenters. The molecule has 2 nitrogen and oxygen atoms in total. The molecule has 0 unspecified atom stereocenters. The van der Waals surface area contributed by atoms with Crippen LogP contribution >= 0.6 is 11.6 Å². The maximum absolute atomic E-state index is 13.5. The molecule has 98 valence electrons. The number of benzene rings is 2. The summed E-state index contributed by atoms with van der Waals surface area (Å²) in [4.78, 5) is 0. The van der Waals surface area contributed by atoms with E-state index in [0.29, 0.717) is 5.69 Å². The van der Waals surface area contributed by atoms with Crippen molar-refractivity contribution in [3.05, 3.63) is 58.9 Å². The summed E-state index contributed by atoms with van der Waals surface area (Å²) in [7, 11) is 0. The van der Waals surface area contributed by atoms with Crippen LogP contribution < -0.4 is 10.5 Å². The van der Waals surface area contributed by atoms with Crippen molar-refractivity contribution in [2.45, 2.75) is 18.4 Å². The Morgan fingerprint density at radius 3 is 2.37 bits per heavy atom. The van der Waals surface area contributed by atoms with Crippen molar-refractivity contribution in [1.82, 2.24) is 0 Å². The van der Waals surface area contributed by atoms with Crippen LogP contribution in [0.25, 0.3) is 0 Å². The molecule has 2 N–H and O–H groups in total. The molecule has 2 aromatic carbocycles. The van der Waals surface area contributed by atoms with Crippen molar-refractivity contribution in [3.8, 4) is 5.75 Å². The van der Waals surface area contributed by atoms with Crippen LogP contribution in [-0.2, 0) is 5.60 Å². The minimum atomic E-state index is -0.415. The highest BCUT2D eigenvalue weighted by molar-refractivity contribution is 6.30. The molecule has 1 aliphatic carbocycles. The molecule has 0 radical (unpaired) electrons. The van der Waals surface area contributed by atoms with Crippen molar-refractivity contribution in [2.75, 3.05) is 5.73 Å². The van der Waals surface area contributed by atoms with Gasteiger partial charge in [-0.1, -0.05) is 17.7 Å². The number of anilines is 1. The number of halogens is 2. The normalized spacial score (nSPS) is 16.1. The first-order chi connectivity index (χ1) is 9.09. The van der Waals surface area contributed by atoms with E-state index in [4.69, 9.17) is 22.1 Å². The van der Waals surface area contributed by atoms with Gasteiger partial charge >= 0.3 is 0 Å². The second-order valence-corrected chi connectivity index (χ2v) is 5.20. The third kappa shape index (κ3) is 2.38. The molecule has 1 aliphatic rings. The summed E-state index contributed by atoms with van der Waals surface area (Å²) >= 11 is 5.70. The highest BCUT2D eigenvalue weighted by Crippen LogP contribution is 2.49. The summed E-state index contributed by atoms with van der Waals surface area (Å²) in [6.07, 6.45) is 1.75. The summed E-state index contributed by atoms with van der Waals surface area (Å²) in [6.45, 7) is 0. The lowest BCUT2D eigenvalue weighted by atomic mass is 10.1. The van der Waals surface area contributed by atoms with Gasteiger partial charge in [-0.25, -0.2) is 4.39 Å². The minimum absolute atomic E-state index is 0.132. The molecule has 2 aromatic rings. The van der Waals surface area contributed by atoms with Gasteiger partial charge in [-0.2, -0.15) is 0 Å². The Balaban J connectivity index is 1.86. The number of rotatable bonds is 3. The largest absolute Gasteiger partial charge is 0.483 e. The molecular weight excluding hydrogens is 265 g/mol. The van der Waals surface area contributed by atoms with Crippen LogP contribution in [0.15, 0.2) is 42.5 Å². The molecule has 0 saturated heterocycles. The fraction of sp³-hybridized carbons (Fsp3) is 0.200. The third-order valence-electron chi connectivity index (χ3n) is 3.34. The second kappa shape index (κ2) is 4.42. The molecule has 19 heavy (non-hydrogen) atoms. The molecule has 4 heteroatoms. The van der Waals surface area contributed by atoms with Crippen molar-refractivity contribution in [2.24, 2.45) is 0 Å². The molecule has 0 aromatic heterocycles. The predicted octanol–water partition coefficient (Wildman–Crippen LogP) is 4.13. The van der Waals surface area contributed by atoms with E-state index < -0.39 is 11.4 Å². The Labute approximate surface area is 115 Å². The Morgan fingerprint density at radius 2 is 1.79 bits per heavy atom. The van der Waals surface area contributed by atoms with Crippen LogP contribution in [0, 0.1) is 5.82 Å². The quantitative estimate of drug-likeness (QED) is 0.856. The fourth-order valence-corrected chi connectivity index (χ4v) is 2.22. The predicted molar refractivity (Wildman–Crippen MR) is 73.8 cm³/mol. The maximum atomic E-state index is 13.5. The zero-order valence-corrected chi connectivity index (χ0v) is 11.0. The average Bonchev–Trinajstić information content (AvgIpc) is 3.16. The van der Waals surface area contributed by atoms with Gasteiger partial charge in [-0.15, -0.1) is 0 Å². The van der Waals surface area contributed by atoms with Crippen LogP contribution in [0.3, 0.4) is 0 Å². The van der Waals surface area contributed by atoms with Crippen LogP contribution in [0.2, 0.25) is 5.02 Å². The van der Waals surface area contributed by atoms with Crippen LogP contribution in [0.1, 0.15) is 18.4 Å². The van der Waals surface area contributed by atoms with Gasteiger partial charge in [0.1, 0.15) is 17.2 Å². The lowest BCUT2D eigenvalue weighted by molar-refractivity contribution is 0.180. The zero-order chi connectivity index (χ0) is 13.5. The molecule has 1 saturated carbocycles. The van der Waals surface area contributed by atoms with Crippen molar-refractivity contribution in [3.63, 3.8) is 0 Å². The zero-order valence-electron chi connectivity index (χ0n) is 10.2. The smallest absolute Gasteiger partial charge is 0.142 e. The van der Waals surface area contributed by atoms with Crippen LogP contribution in [0.5, 0.6) is 5.75 Å². The van der Waals surface area contributed by atoms with E-state index in [9.17, 15) is 4.39 Å². The van der Waals surface area contributed by atoms with Crippen LogP contribution in [-0.4, -0.2) is 0 Å². The standard InChI is InChI=1S/C15H13ClFNO/c16-13-6-1-10(9-14(13)17)15(7-8-15)19-12-4-2-11(18)3-5-12/h1-6,9H,7-8,18H2. The molecule has 1 fully saturated rings. The van der Waals surface area contributed by atoms with E-state index in [0.717, 1.165) is 24.2 Å². The molecule has 3 rings (SSSR count). The number of hydrogen-bond donors (Lipinski definition) is 1. The Bertz CT molecular complexity index is 608. The lowest BCUT2D eigenvalue weighted by Gasteiger charge is -2.19. The van der Waals surface area contributed by atoms with Gasteiger partial charge in [0, 0.05) is 5.69 Å². The minimum Gasteiger partial charge on any atom is -0.483 e. The number of hydrogen-bond acceptors (Lipinski definition) is 2. The summed E-state index contributed by atoms with van der Waals surface area (Å²) in [5.74, 6) is 0.327. The highest BCUT2D eigenvalue weighted by Gasteiger charge is 2.47. The molecule has 0 amide bonds. The number of nitrogens with two attached hydrogens (primary N) is 1. The first-order valence-corrected chi connectivity index (χ1v) is 6.47. The van der Waals surface area contributed by atoms with Crippen molar-refractivity contribution >= 4 is 17.3 Å². The Hall–Kier alpha value is -1.74. The van der Waals surface area contributed by atoms with Gasteiger partial charge in [-0.3, -0.25) is 0 Å². The maximum Gasteiger partial charge on any atom is 0.142 e. The monoisotopic (exact) mass is 277 g/mol. The summed E-state index contributed by atoms with van der Waals surface area (Å²) in [5, 5.41) is 0.132. The number of ether oxygens (including phenoxy) is 1. The van der Waals surface area contributed by atoms with Gasteiger partial charge in [-0.05, 0) is 54.8 Å². The topological polar surface area (TPSA) is 35.2 Å². The van der Waals surface area contributed by atoms with E-state index in [1.54, 1.807) is 18.2 Å². The van der Waals surface area contributed by atoms with E-state index in [1.165, 1.54) is 6.07 Å². The summed E-state index contributed by atoms with van der Waals surface area (Å²) < 4.78 is 19.5. The van der Waals surface area contributed by atoms with Gasteiger partial charge in [0.05, 0.1) is 5.02 Å². The summed E-state index contributed by atoms with van der Waals surface area (Å²) in [6, 6.07) is 12.0. The highest BCUT2D eigenvalue weighted by atomic mass is 35.5. The van der Waals surface area contributed by atoms with E-state index in [2.05, 4.69) is 0 Å². The third-order valence-corrected chi connectivity index (χ3v) is 3.65. The Morgan fingerprint density at radius 1 is 1.11 bits per heavy atom. The fourth-order valence-electron chi connectivity index (χ4n) is 2.10. The second-order valence-electron chi connectivity index (χ2n) is 4.79. The first kappa shape index (κ1) is 12.3. The molecule has 0 heterocycles. The Kier molecular flexibility index (Phi) is 2.86. The van der Waals surface area contributed by atoms with E-state index in [-0.39, 0.29) is 5.02 Å². The van der Waals surface area contributed by atoms with Gasteiger partial charge in [0.25, 0.3) is 0 Å². The van der Waals surface area contributed by atoms with Gasteiger partial charge in [0.2, 0.25) is 0 Å². The van der Waals surface area contributed by atoms with E-state index >= 15 is 0 Å². The van der Waals surface area contributed by atoms with Gasteiger partial charge < -0.3 is 10.5 Å². The molecule has 0 aliphatic heterocycles. The lowest BCUT2D eigenvalue weighted by Crippen LogP contribution is -2.15. The van der Waals surface area contributed by atoms with Crippen molar-refractivity contribution in [1.29, 1.82) is 0 Å². The molecule has 0 bridgehead atoms. The SMILES string of the molecule is Nc1ccc(OC2(c3ccc(Cl)c(F)c3)CC2)cc1.